The lowest BCUT2D eigenvalue weighted by atomic mass is 10.2. The molecule has 1 atom stereocenters. The van der Waals surface area contributed by atoms with Crippen LogP contribution in [0, 0.1) is 0 Å². The Morgan fingerprint density at radius 3 is 3.08 bits per heavy atom. The van der Waals surface area contributed by atoms with Crippen molar-refractivity contribution in [1.82, 2.24) is 5.43 Å². The predicted molar refractivity (Wildman–Crippen MR) is 45.3 cm³/mol. The smallest absolute Gasteiger partial charge is 0.0951 e. The van der Waals surface area contributed by atoms with E-state index in [0.29, 0.717) is 13.2 Å². The van der Waals surface area contributed by atoms with Gasteiger partial charge in [0.2, 0.25) is 0 Å². The number of hydrogen-bond acceptors (Lipinski definition) is 4. The number of rotatable bonds is 5. The van der Waals surface area contributed by atoms with Gasteiger partial charge in [-0.3, -0.25) is 11.3 Å². The molecule has 1 heterocycles. The molecule has 0 bridgehead atoms. The fourth-order valence-electron chi connectivity index (χ4n) is 0.950. The number of nitrogens with two attached hydrogens (primary N) is 1. The van der Waals surface area contributed by atoms with Gasteiger partial charge in [-0.25, -0.2) is 0 Å². The molecule has 0 aliphatic heterocycles. The molecule has 0 fully saturated rings. The van der Waals surface area contributed by atoms with E-state index in [0.717, 1.165) is 5.56 Å². The molecule has 0 saturated carbocycles. The van der Waals surface area contributed by atoms with Crippen LogP contribution in [-0.2, 0) is 4.74 Å². The van der Waals surface area contributed by atoms with Crippen molar-refractivity contribution in [1.29, 1.82) is 0 Å². The maximum atomic E-state index is 5.33. The summed E-state index contributed by atoms with van der Waals surface area (Å²) in [5.74, 6) is 5.33. The molecule has 0 aromatic carbocycles. The number of furan rings is 1. The average molecular weight is 170 g/mol. The van der Waals surface area contributed by atoms with Gasteiger partial charge in [-0.15, -0.1) is 0 Å². The molecule has 1 rings (SSSR count). The van der Waals surface area contributed by atoms with Crippen molar-refractivity contribution in [2.45, 2.75) is 13.0 Å². The predicted octanol–water partition coefficient (Wildman–Crippen LogP) is 0.821. The van der Waals surface area contributed by atoms with Gasteiger partial charge in [0.15, 0.2) is 0 Å². The van der Waals surface area contributed by atoms with Gasteiger partial charge in [-0.1, -0.05) is 0 Å². The van der Waals surface area contributed by atoms with Crippen molar-refractivity contribution in [2.24, 2.45) is 5.84 Å². The molecule has 4 nitrogen and oxygen atoms in total. The Kier molecular flexibility index (Phi) is 3.79. The van der Waals surface area contributed by atoms with Gasteiger partial charge >= 0.3 is 0 Å². The number of hydrazine groups is 1. The molecule has 0 radical (unpaired) electrons. The van der Waals surface area contributed by atoms with Gasteiger partial charge in [0.25, 0.3) is 0 Å². The molecule has 1 aromatic rings. The van der Waals surface area contributed by atoms with Crippen molar-refractivity contribution < 1.29 is 9.15 Å². The third kappa shape index (κ3) is 2.34. The molecule has 3 N–H and O–H groups in total. The highest BCUT2D eigenvalue weighted by atomic mass is 16.5. The third-order valence-electron chi connectivity index (χ3n) is 1.64. The normalized spacial score (nSPS) is 13.2. The zero-order valence-electron chi connectivity index (χ0n) is 7.12. The molecule has 68 valence electrons. The zero-order chi connectivity index (χ0) is 8.81. The third-order valence-corrected chi connectivity index (χ3v) is 1.64. The van der Waals surface area contributed by atoms with Crippen molar-refractivity contribution >= 4 is 0 Å². The van der Waals surface area contributed by atoms with Gasteiger partial charge in [0.05, 0.1) is 25.2 Å². The molecule has 0 aliphatic carbocycles. The first kappa shape index (κ1) is 9.25. The van der Waals surface area contributed by atoms with E-state index in [-0.39, 0.29) is 6.04 Å². The van der Waals surface area contributed by atoms with Crippen LogP contribution in [0.5, 0.6) is 0 Å². The highest BCUT2D eigenvalue weighted by Gasteiger charge is 2.09. The first-order valence-corrected chi connectivity index (χ1v) is 3.94. The lowest BCUT2D eigenvalue weighted by molar-refractivity contribution is 0.123. The molecular weight excluding hydrogens is 156 g/mol. The first-order chi connectivity index (χ1) is 5.88. The summed E-state index contributed by atoms with van der Waals surface area (Å²) in [7, 11) is 0. The Morgan fingerprint density at radius 2 is 2.58 bits per heavy atom. The lowest BCUT2D eigenvalue weighted by Gasteiger charge is -2.12. The van der Waals surface area contributed by atoms with Crippen molar-refractivity contribution in [2.75, 3.05) is 13.2 Å². The van der Waals surface area contributed by atoms with Crippen LogP contribution in [0.4, 0.5) is 0 Å². The Labute approximate surface area is 71.7 Å². The topological polar surface area (TPSA) is 60.4 Å². The minimum atomic E-state index is 0.0173. The summed E-state index contributed by atoms with van der Waals surface area (Å²) in [5, 5.41) is 0. The summed E-state index contributed by atoms with van der Waals surface area (Å²) in [5.41, 5.74) is 3.66. The van der Waals surface area contributed by atoms with Crippen LogP contribution in [0.15, 0.2) is 23.0 Å². The minimum absolute atomic E-state index is 0.0173. The maximum absolute atomic E-state index is 5.33. The Bertz CT molecular complexity index is 199. The van der Waals surface area contributed by atoms with Gasteiger partial charge in [-0.05, 0) is 13.0 Å². The maximum Gasteiger partial charge on any atom is 0.0951 e. The fourth-order valence-corrected chi connectivity index (χ4v) is 0.950. The van der Waals surface area contributed by atoms with Crippen molar-refractivity contribution in [3.8, 4) is 0 Å². The molecule has 1 aromatic heterocycles. The molecular formula is C8H14N2O2. The zero-order valence-corrected chi connectivity index (χ0v) is 7.12. The van der Waals surface area contributed by atoms with E-state index in [1.165, 1.54) is 0 Å². The van der Waals surface area contributed by atoms with Crippen LogP contribution >= 0.6 is 0 Å². The van der Waals surface area contributed by atoms with Gasteiger partial charge in [-0.2, -0.15) is 0 Å². The van der Waals surface area contributed by atoms with E-state index in [1.807, 2.05) is 13.0 Å². The molecule has 0 aliphatic rings. The molecule has 0 amide bonds. The molecule has 1 unspecified atom stereocenters. The summed E-state index contributed by atoms with van der Waals surface area (Å²) in [6.45, 7) is 3.20. The highest BCUT2D eigenvalue weighted by Crippen LogP contribution is 2.12. The second-order valence-electron chi connectivity index (χ2n) is 2.44. The van der Waals surface area contributed by atoms with Crippen LogP contribution < -0.4 is 11.3 Å². The Balaban J connectivity index is 2.45. The number of ether oxygens (including phenoxy) is 1. The Morgan fingerprint density at radius 1 is 1.75 bits per heavy atom. The van der Waals surface area contributed by atoms with E-state index in [4.69, 9.17) is 15.0 Å². The fraction of sp³-hybridized carbons (Fsp3) is 0.500. The lowest BCUT2D eigenvalue weighted by Crippen LogP contribution is -2.31. The number of nitrogens with one attached hydrogen (secondary N) is 1. The summed E-state index contributed by atoms with van der Waals surface area (Å²) in [4.78, 5) is 0. The van der Waals surface area contributed by atoms with E-state index in [9.17, 15) is 0 Å². The van der Waals surface area contributed by atoms with Gasteiger partial charge in [0, 0.05) is 12.2 Å². The quantitative estimate of drug-likeness (QED) is 0.507. The Hall–Kier alpha value is -0.840. The molecule has 4 heteroatoms. The van der Waals surface area contributed by atoms with E-state index in [2.05, 4.69) is 5.43 Å². The molecule has 0 spiro atoms. The van der Waals surface area contributed by atoms with E-state index < -0.39 is 0 Å². The summed E-state index contributed by atoms with van der Waals surface area (Å²) in [6, 6.07) is 1.88. The number of hydrogen-bond donors (Lipinski definition) is 2. The molecule has 12 heavy (non-hydrogen) atoms. The monoisotopic (exact) mass is 170 g/mol. The van der Waals surface area contributed by atoms with Crippen molar-refractivity contribution in [3.63, 3.8) is 0 Å². The standard InChI is InChI=1S/C8H14N2O2/c1-2-11-6-8(10-9)7-3-4-12-5-7/h3-5,8,10H,2,6,9H2,1H3. The van der Waals surface area contributed by atoms with Crippen LogP contribution in [0.2, 0.25) is 0 Å². The van der Waals surface area contributed by atoms with E-state index >= 15 is 0 Å². The average Bonchev–Trinajstić information content (AvgIpc) is 2.59. The van der Waals surface area contributed by atoms with Crippen LogP contribution in [-0.4, -0.2) is 13.2 Å². The minimum Gasteiger partial charge on any atom is -0.472 e. The largest absolute Gasteiger partial charge is 0.472 e. The first-order valence-electron chi connectivity index (χ1n) is 3.94. The van der Waals surface area contributed by atoms with Crippen molar-refractivity contribution in [3.05, 3.63) is 24.2 Å². The highest BCUT2D eigenvalue weighted by molar-refractivity contribution is 5.10. The summed E-state index contributed by atoms with van der Waals surface area (Å²) < 4.78 is 10.2. The summed E-state index contributed by atoms with van der Waals surface area (Å²) >= 11 is 0. The second-order valence-corrected chi connectivity index (χ2v) is 2.44. The molecule has 0 saturated heterocycles. The van der Waals surface area contributed by atoms with Gasteiger partial charge in [0.1, 0.15) is 0 Å². The van der Waals surface area contributed by atoms with Crippen LogP contribution in [0.1, 0.15) is 18.5 Å². The summed E-state index contributed by atoms with van der Waals surface area (Å²) in [6.07, 6.45) is 3.27. The van der Waals surface area contributed by atoms with Crippen LogP contribution in [0.25, 0.3) is 0 Å². The second kappa shape index (κ2) is 4.92. The SMILES string of the molecule is CCOCC(NN)c1ccoc1. The van der Waals surface area contributed by atoms with E-state index in [1.54, 1.807) is 12.5 Å². The van der Waals surface area contributed by atoms with Crippen LogP contribution in [0.3, 0.4) is 0 Å². The van der Waals surface area contributed by atoms with Gasteiger partial charge < -0.3 is 9.15 Å².